The van der Waals surface area contributed by atoms with Gasteiger partial charge in [0.15, 0.2) is 0 Å². The first-order valence-corrected chi connectivity index (χ1v) is 10.4. The quantitative estimate of drug-likeness (QED) is 0.785. The van der Waals surface area contributed by atoms with E-state index in [0.717, 1.165) is 32.5 Å². The molecular formula is C22H30N2O4. The number of benzene rings is 1. The lowest BCUT2D eigenvalue weighted by atomic mass is 9.77. The number of amides is 2. The summed E-state index contributed by atoms with van der Waals surface area (Å²) in [5.74, 6) is 1.72. The summed E-state index contributed by atoms with van der Waals surface area (Å²) in [5, 5.41) is 13.0. The summed E-state index contributed by atoms with van der Waals surface area (Å²) in [6.45, 7) is 3.81. The second-order valence-corrected chi connectivity index (χ2v) is 8.72. The first kappa shape index (κ1) is 19.2. The normalized spacial score (nSPS) is 29.4. The van der Waals surface area contributed by atoms with Crippen molar-refractivity contribution in [3.63, 3.8) is 0 Å². The lowest BCUT2D eigenvalue weighted by Gasteiger charge is -2.38. The Hall–Kier alpha value is -2.08. The minimum absolute atomic E-state index is 0.0195. The number of aromatic hydroxyl groups is 1. The van der Waals surface area contributed by atoms with E-state index < -0.39 is 0 Å². The van der Waals surface area contributed by atoms with Gasteiger partial charge < -0.3 is 20.1 Å². The van der Waals surface area contributed by atoms with Gasteiger partial charge in [0, 0.05) is 32.2 Å². The van der Waals surface area contributed by atoms with Crippen LogP contribution in [0.15, 0.2) is 24.3 Å². The molecule has 4 atom stereocenters. The van der Waals surface area contributed by atoms with Crippen molar-refractivity contribution >= 4 is 11.8 Å². The van der Waals surface area contributed by atoms with Crippen molar-refractivity contribution in [2.45, 2.75) is 51.2 Å². The third-order valence-electron chi connectivity index (χ3n) is 6.43. The molecule has 1 saturated heterocycles. The van der Waals surface area contributed by atoms with E-state index >= 15 is 0 Å². The minimum Gasteiger partial charge on any atom is -0.508 e. The van der Waals surface area contributed by atoms with Crippen LogP contribution in [-0.4, -0.2) is 53.7 Å². The number of phenols is 1. The van der Waals surface area contributed by atoms with E-state index in [1.807, 2.05) is 11.0 Å². The topological polar surface area (TPSA) is 78.9 Å². The summed E-state index contributed by atoms with van der Waals surface area (Å²) in [5.41, 5.74) is 0.670. The Kier molecular flexibility index (Phi) is 5.58. The summed E-state index contributed by atoms with van der Waals surface area (Å²) in [4.78, 5) is 26.4. The van der Waals surface area contributed by atoms with Crippen LogP contribution in [0.25, 0.3) is 0 Å². The van der Waals surface area contributed by atoms with Crippen LogP contribution in [0.1, 0.15) is 38.2 Å². The van der Waals surface area contributed by atoms with Crippen molar-refractivity contribution in [2.75, 3.05) is 19.7 Å². The molecule has 1 aromatic carbocycles. The fourth-order valence-electron chi connectivity index (χ4n) is 4.69. The van der Waals surface area contributed by atoms with Crippen LogP contribution < -0.4 is 5.32 Å². The molecule has 1 aromatic rings. The highest BCUT2D eigenvalue weighted by atomic mass is 16.5. The van der Waals surface area contributed by atoms with Crippen LogP contribution in [-0.2, 0) is 20.7 Å². The molecule has 2 N–H and O–H groups in total. The molecule has 0 spiro atoms. The van der Waals surface area contributed by atoms with E-state index in [1.165, 1.54) is 12.8 Å². The molecule has 0 unspecified atom stereocenters. The molecule has 2 amide bonds. The van der Waals surface area contributed by atoms with E-state index in [9.17, 15) is 14.7 Å². The first-order chi connectivity index (χ1) is 13.5. The Morgan fingerprint density at radius 2 is 1.89 bits per heavy atom. The Morgan fingerprint density at radius 3 is 2.57 bits per heavy atom. The maximum Gasteiger partial charge on any atom is 0.227 e. The summed E-state index contributed by atoms with van der Waals surface area (Å²) in [6, 6.07) is 7.05. The average molecular weight is 386 g/mol. The molecule has 0 bridgehead atoms. The number of fused-ring (bicyclic) bond motifs is 1. The highest BCUT2D eigenvalue weighted by Crippen LogP contribution is 2.39. The first-order valence-electron chi connectivity index (χ1n) is 10.4. The zero-order valence-corrected chi connectivity index (χ0v) is 16.5. The number of nitrogens with one attached hydrogen (secondary N) is 1. The van der Waals surface area contributed by atoms with Crippen molar-refractivity contribution in [1.29, 1.82) is 0 Å². The van der Waals surface area contributed by atoms with Gasteiger partial charge >= 0.3 is 0 Å². The van der Waals surface area contributed by atoms with Crippen molar-refractivity contribution in [3.8, 4) is 5.75 Å². The Labute approximate surface area is 166 Å². The zero-order valence-electron chi connectivity index (χ0n) is 16.5. The van der Waals surface area contributed by atoms with Gasteiger partial charge in [-0.15, -0.1) is 0 Å². The van der Waals surface area contributed by atoms with Crippen LogP contribution in [0.2, 0.25) is 0 Å². The molecule has 0 aromatic heterocycles. The second-order valence-electron chi connectivity index (χ2n) is 8.72. The number of hydrogen-bond donors (Lipinski definition) is 2. The Morgan fingerprint density at radius 1 is 1.18 bits per heavy atom. The minimum atomic E-state index is -0.0195. The average Bonchev–Trinajstić information content (AvgIpc) is 3.39. The van der Waals surface area contributed by atoms with Gasteiger partial charge in [0.1, 0.15) is 5.75 Å². The Balaban J connectivity index is 1.38. The summed E-state index contributed by atoms with van der Waals surface area (Å²) < 4.78 is 6.18. The molecule has 3 aliphatic rings. The van der Waals surface area contributed by atoms with Gasteiger partial charge in [0.2, 0.25) is 11.8 Å². The third kappa shape index (κ3) is 4.49. The van der Waals surface area contributed by atoms with Crippen molar-refractivity contribution in [3.05, 3.63) is 29.8 Å². The van der Waals surface area contributed by atoms with Gasteiger partial charge in [-0.05, 0) is 49.5 Å². The fourth-order valence-corrected chi connectivity index (χ4v) is 4.69. The molecule has 0 radical (unpaired) electrons. The highest BCUT2D eigenvalue weighted by molar-refractivity contribution is 5.79. The largest absolute Gasteiger partial charge is 0.508 e. The summed E-state index contributed by atoms with van der Waals surface area (Å²) >= 11 is 0. The molecule has 1 aliphatic heterocycles. The van der Waals surface area contributed by atoms with Crippen LogP contribution in [0.4, 0.5) is 0 Å². The molecule has 4 rings (SSSR count). The van der Waals surface area contributed by atoms with Gasteiger partial charge in [-0.1, -0.05) is 18.2 Å². The van der Waals surface area contributed by atoms with Crippen molar-refractivity contribution in [2.24, 2.45) is 17.8 Å². The summed E-state index contributed by atoms with van der Waals surface area (Å²) in [7, 11) is 0. The third-order valence-corrected chi connectivity index (χ3v) is 6.43. The fraction of sp³-hybridized carbons (Fsp3) is 0.636. The number of likely N-dealkylation sites (tertiary alicyclic amines) is 1. The lowest BCUT2D eigenvalue weighted by Crippen LogP contribution is -2.50. The van der Waals surface area contributed by atoms with Crippen LogP contribution in [0, 0.1) is 17.8 Å². The van der Waals surface area contributed by atoms with E-state index in [1.54, 1.807) is 25.1 Å². The van der Waals surface area contributed by atoms with Crippen molar-refractivity contribution in [1.82, 2.24) is 10.2 Å². The SMILES string of the molecule is CC(=O)N[C@@H]1C[C@@H]2CN(C(=O)Cc3ccccc3O)C[C@@H]2C[C@H]1OCC1CC1. The van der Waals surface area contributed by atoms with Crippen molar-refractivity contribution < 1.29 is 19.4 Å². The number of carbonyl (C=O) groups excluding carboxylic acids is 2. The van der Waals surface area contributed by atoms with Gasteiger partial charge in [-0.25, -0.2) is 0 Å². The molecule has 6 heteroatoms. The van der Waals surface area contributed by atoms with E-state index in [-0.39, 0.29) is 36.1 Å². The van der Waals surface area contributed by atoms with Gasteiger partial charge in [-0.2, -0.15) is 0 Å². The van der Waals surface area contributed by atoms with Crippen LogP contribution in [0.5, 0.6) is 5.75 Å². The lowest BCUT2D eigenvalue weighted by molar-refractivity contribution is -0.129. The standard InChI is InChI=1S/C22H30N2O4/c1-14(25)23-19-8-17-11-24(22(27)10-16-4-2-3-5-20(16)26)12-18(17)9-21(19)28-13-15-6-7-15/h2-5,15,17-19,21,26H,6-13H2,1H3,(H,23,25)/t17-,18+,19-,21-/m1/s1. The molecule has 2 aliphatic carbocycles. The zero-order chi connectivity index (χ0) is 19.7. The molecule has 152 valence electrons. The predicted octanol–water partition coefficient (Wildman–Crippen LogP) is 2.10. The number of phenolic OH excluding ortho intramolecular Hbond substituents is 1. The highest BCUT2D eigenvalue weighted by Gasteiger charge is 2.44. The smallest absolute Gasteiger partial charge is 0.227 e. The molecule has 6 nitrogen and oxygen atoms in total. The molecular weight excluding hydrogens is 356 g/mol. The number of para-hydroxylation sites is 1. The Bertz CT molecular complexity index is 733. The number of hydrogen-bond acceptors (Lipinski definition) is 4. The molecule has 2 saturated carbocycles. The predicted molar refractivity (Wildman–Crippen MR) is 105 cm³/mol. The van der Waals surface area contributed by atoms with E-state index in [2.05, 4.69) is 5.32 Å². The van der Waals surface area contributed by atoms with Gasteiger partial charge in [0.05, 0.1) is 18.6 Å². The van der Waals surface area contributed by atoms with Crippen LogP contribution >= 0.6 is 0 Å². The monoisotopic (exact) mass is 386 g/mol. The van der Waals surface area contributed by atoms with E-state index in [0.29, 0.717) is 23.3 Å². The molecule has 1 heterocycles. The molecule has 28 heavy (non-hydrogen) atoms. The van der Waals surface area contributed by atoms with Gasteiger partial charge in [0.25, 0.3) is 0 Å². The number of ether oxygens (including phenoxy) is 1. The number of rotatable bonds is 6. The second kappa shape index (κ2) is 8.11. The molecule has 3 fully saturated rings. The number of nitrogens with zero attached hydrogens (tertiary/aromatic N) is 1. The summed E-state index contributed by atoms with van der Waals surface area (Å²) in [6.07, 6.45) is 4.51. The van der Waals surface area contributed by atoms with Crippen LogP contribution in [0.3, 0.4) is 0 Å². The maximum absolute atomic E-state index is 12.8. The van der Waals surface area contributed by atoms with Gasteiger partial charge in [-0.3, -0.25) is 9.59 Å². The number of carbonyl (C=O) groups is 2. The van der Waals surface area contributed by atoms with E-state index in [4.69, 9.17) is 4.74 Å². The maximum atomic E-state index is 12.8.